The fourth-order valence-electron chi connectivity index (χ4n) is 1.74. The van der Waals surface area contributed by atoms with E-state index in [1.165, 1.54) is 0 Å². The van der Waals surface area contributed by atoms with Gasteiger partial charge in [0.05, 0.1) is 17.8 Å². The van der Waals surface area contributed by atoms with Crippen LogP contribution in [0.2, 0.25) is 0 Å². The van der Waals surface area contributed by atoms with Crippen molar-refractivity contribution in [3.8, 4) is 0 Å². The molecule has 0 fully saturated rings. The number of esters is 1. The molecule has 1 aromatic heterocycles. The Balaban J connectivity index is 1.74. The largest absolute Gasteiger partial charge is 0.461 e. The summed E-state index contributed by atoms with van der Waals surface area (Å²) < 4.78 is 6.99. The molecule has 0 aliphatic carbocycles. The van der Waals surface area contributed by atoms with Gasteiger partial charge in [-0.05, 0) is 5.56 Å². The molecule has 20 heavy (non-hydrogen) atoms. The number of carbonyl (C=O) groups is 1. The van der Waals surface area contributed by atoms with Gasteiger partial charge in [-0.15, -0.1) is 0 Å². The lowest BCUT2D eigenvalue weighted by atomic mass is 10.2. The molecule has 2 aromatic rings. The summed E-state index contributed by atoms with van der Waals surface area (Å²) in [5, 5.41) is 7.21. The smallest absolute Gasteiger partial charge is 0.310 e. The van der Waals surface area contributed by atoms with Crippen LogP contribution in [0.25, 0.3) is 0 Å². The number of ether oxygens (including phenoxy) is 1. The van der Waals surface area contributed by atoms with Crippen LogP contribution < -0.4 is 5.32 Å². The Hall–Kier alpha value is -2.30. The zero-order valence-corrected chi connectivity index (χ0v) is 11.7. The molecule has 0 saturated carbocycles. The highest BCUT2D eigenvalue weighted by Gasteiger charge is 2.14. The molecule has 5 nitrogen and oxygen atoms in total. The van der Waals surface area contributed by atoms with Crippen LogP contribution in [0.1, 0.15) is 12.5 Å². The van der Waals surface area contributed by atoms with Gasteiger partial charge in [-0.1, -0.05) is 37.3 Å². The number of anilines is 1. The second-order valence-corrected chi connectivity index (χ2v) is 4.78. The molecule has 2 rings (SSSR count). The molecule has 1 N–H and O–H groups in total. The Kier molecular flexibility index (Phi) is 4.76. The SMILES string of the molecule is CC(CNc1cnn(C)c1)C(=O)OCc1ccccc1. The van der Waals surface area contributed by atoms with Gasteiger partial charge in [0.1, 0.15) is 6.61 Å². The van der Waals surface area contributed by atoms with Gasteiger partial charge in [0.15, 0.2) is 0 Å². The van der Waals surface area contributed by atoms with Crippen LogP contribution in [-0.4, -0.2) is 22.3 Å². The molecule has 1 unspecified atom stereocenters. The predicted molar refractivity (Wildman–Crippen MR) is 77.1 cm³/mol. The third-order valence-corrected chi connectivity index (χ3v) is 2.94. The Bertz CT molecular complexity index is 551. The normalized spacial score (nSPS) is 11.9. The van der Waals surface area contributed by atoms with Crippen LogP contribution in [0.4, 0.5) is 5.69 Å². The number of nitrogens with zero attached hydrogens (tertiary/aromatic N) is 2. The van der Waals surface area contributed by atoms with E-state index < -0.39 is 0 Å². The van der Waals surface area contributed by atoms with E-state index in [0.29, 0.717) is 13.2 Å². The minimum Gasteiger partial charge on any atom is -0.461 e. The summed E-state index contributed by atoms with van der Waals surface area (Å²) in [6.45, 7) is 2.69. The predicted octanol–water partition coefficient (Wildman–Crippen LogP) is 2.21. The first-order valence-corrected chi connectivity index (χ1v) is 6.58. The molecule has 1 heterocycles. The van der Waals surface area contributed by atoms with Gasteiger partial charge in [-0.2, -0.15) is 5.10 Å². The minimum absolute atomic E-state index is 0.203. The molecule has 0 bridgehead atoms. The molecule has 0 spiro atoms. The third-order valence-electron chi connectivity index (χ3n) is 2.94. The highest BCUT2D eigenvalue weighted by atomic mass is 16.5. The molecule has 0 aliphatic heterocycles. The molecule has 5 heteroatoms. The van der Waals surface area contributed by atoms with E-state index in [-0.39, 0.29) is 11.9 Å². The van der Waals surface area contributed by atoms with Gasteiger partial charge in [-0.25, -0.2) is 0 Å². The maximum absolute atomic E-state index is 11.9. The second kappa shape index (κ2) is 6.75. The van der Waals surface area contributed by atoms with Crippen LogP contribution in [0.5, 0.6) is 0 Å². The minimum atomic E-state index is -0.209. The number of benzene rings is 1. The highest BCUT2D eigenvalue weighted by molar-refractivity contribution is 5.72. The molecule has 1 aromatic carbocycles. The van der Waals surface area contributed by atoms with Crippen molar-refractivity contribution in [2.24, 2.45) is 13.0 Å². The van der Waals surface area contributed by atoms with E-state index in [4.69, 9.17) is 4.74 Å². The number of aromatic nitrogens is 2. The van der Waals surface area contributed by atoms with E-state index in [1.54, 1.807) is 10.9 Å². The van der Waals surface area contributed by atoms with Gasteiger partial charge in [-0.3, -0.25) is 9.48 Å². The van der Waals surface area contributed by atoms with Gasteiger partial charge >= 0.3 is 5.97 Å². The molecular weight excluding hydrogens is 254 g/mol. The summed E-state index contributed by atoms with van der Waals surface area (Å²) in [4.78, 5) is 11.9. The summed E-state index contributed by atoms with van der Waals surface area (Å²) in [5.74, 6) is -0.413. The quantitative estimate of drug-likeness (QED) is 0.820. The molecule has 0 saturated heterocycles. The van der Waals surface area contributed by atoms with Crippen molar-refractivity contribution in [1.82, 2.24) is 9.78 Å². The highest BCUT2D eigenvalue weighted by Crippen LogP contribution is 2.08. The molecular formula is C15H19N3O2. The van der Waals surface area contributed by atoms with E-state index >= 15 is 0 Å². The maximum Gasteiger partial charge on any atom is 0.310 e. The molecule has 0 radical (unpaired) electrons. The molecule has 0 amide bonds. The van der Waals surface area contributed by atoms with Crippen molar-refractivity contribution in [1.29, 1.82) is 0 Å². The van der Waals surface area contributed by atoms with Gasteiger partial charge in [0.25, 0.3) is 0 Å². The van der Waals surface area contributed by atoms with Crippen LogP contribution in [0.3, 0.4) is 0 Å². The number of nitrogens with one attached hydrogen (secondary N) is 1. The second-order valence-electron chi connectivity index (χ2n) is 4.78. The monoisotopic (exact) mass is 273 g/mol. The number of carbonyl (C=O) groups excluding carboxylic acids is 1. The van der Waals surface area contributed by atoms with Crippen LogP contribution in [0, 0.1) is 5.92 Å². The number of hydrogen-bond acceptors (Lipinski definition) is 4. The summed E-state index contributed by atoms with van der Waals surface area (Å²) in [5.41, 5.74) is 1.89. The molecule has 0 aliphatic rings. The van der Waals surface area contributed by atoms with Crippen LogP contribution >= 0.6 is 0 Å². The Morgan fingerprint density at radius 1 is 1.40 bits per heavy atom. The third kappa shape index (κ3) is 4.12. The van der Waals surface area contributed by atoms with E-state index in [2.05, 4.69) is 10.4 Å². The summed E-state index contributed by atoms with van der Waals surface area (Å²) in [6, 6.07) is 9.66. The number of hydrogen-bond donors (Lipinski definition) is 1. The Morgan fingerprint density at radius 3 is 2.80 bits per heavy atom. The fourth-order valence-corrected chi connectivity index (χ4v) is 1.74. The number of rotatable bonds is 6. The first kappa shape index (κ1) is 14.1. The zero-order chi connectivity index (χ0) is 14.4. The van der Waals surface area contributed by atoms with Crippen molar-refractivity contribution in [2.45, 2.75) is 13.5 Å². The van der Waals surface area contributed by atoms with Crippen molar-refractivity contribution < 1.29 is 9.53 Å². The van der Waals surface area contributed by atoms with Crippen LogP contribution in [-0.2, 0) is 23.2 Å². The lowest BCUT2D eigenvalue weighted by Crippen LogP contribution is -2.22. The molecule has 106 valence electrons. The maximum atomic E-state index is 11.9. The van der Waals surface area contributed by atoms with Gasteiger partial charge in [0, 0.05) is 19.8 Å². The Morgan fingerprint density at radius 2 is 2.15 bits per heavy atom. The Labute approximate surface area is 118 Å². The summed E-state index contributed by atoms with van der Waals surface area (Å²) in [6.07, 6.45) is 3.59. The average molecular weight is 273 g/mol. The van der Waals surface area contributed by atoms with Crippen molar-refractivity contribution in [3.63, 3.8) is 0 Å². The standard InChI is InChI=1S/C15H19N3O2/c1-12(8-16-14-9-17-18(2)10-14)15(19)20-11-13-6-4-3-5-7-13/h3-7,9-10,12,16H,8,11H2,1-2H3. The van der Waals surface area contributed by atoms with Crippen molar-refractivity contribution in [3.05, 3.63) is 48.3 Å². The van der Waals surface area contributed by atoms with E-state index in [0.717, 1.165) is 11.3 Å². The van der Waals surface area contributed by atoms with E-state index in [9.17, 15) is 4.79 Å². The summed E-state index contributed by atoms with van der Waals surface area (Å²) >= 11 is 0. The first-order valence-electron chi connectivity index (χ1n) is 6.58. The molecule has 1 atom stereocenters. The lowest BCUT2D eigenvalue weighted by Gasteiger charge is -2.12. The first-order chi connectivity index (χ1) is 9.65. The van der Waals surface area contributed by atoms with E-state index in [1.807, 2.05) is 50.5 Å². The number of aryl methyl sites for hydroxylation is 1. The fraction of sp³-hybridized carbons (Fsp3) is 0.333. The van der Waals surface area contributed by atoms with Crippen LogP contribution in [0.15, 0.2) is 42.7 Å². The van der Waals surface area contributed by atoms with Gasteiger partial charge < -0.3 is 10.1 Å². The lowest BCUT2D eigenvalue weighted by molar-refractivity contribution is -0.148. The van der Waals surface area contributed by atoms with Crippen molar-refractivity contribution in [2.75, 3.05) is 11.9 Å². The zero-order valence-electron chi connectivity index (χ0n) is 11.7. The van der Waals surface area contributed by atoms with Crippen molar-refractivity contribution >= 4 is 11.7 Å². The average Bonchev–Trinajstić information content (AvgIpc) is 2.89. The topological polar surface area (TPSA) is 56.2 Å². The summed E-state index contributed by atoms with van der Waals surface area (Å²) in [7, 11) is 1.85. The van der Waals surface area contributed by atoms with Gasteiger partial charge in [0.2, 0.25) is 0 Å².